The molecule has 2 aliphatic rings. The molecule has 2 saturated heterocycles. The van der Waals surface area contributed by atoms with Crippen LogP contribution in [0.1, 0.15) is 199 Å². The van der Waals surface area contributed by atoms with Crippen LogP contribution in [0.2, 0.25) is 0 Å². The zero-order valence-electron chi connectivity index (χ0n) is 37.8. The minimum absolute atomic E-state index is 0.0441. The highest BCUT2D eigenvalue weighted by Crippen LogP contribution is 2.33. The Morgan fingerprint density at radius 2 is 0.870 bits per heavy atom. The minimum atomic E-state index is -0.0441. The number of nitrogens with one attached hydrogen (secondary N) is 2. The van der Waals surface area contributed by atoms with Gasteiger partial charge in [0.15, 0.2) is 0 Å². The Morgan fingerprint density at radius 1 is 0.537 bits per heavy atom. The van der Waals surface area contributed by atoms with Crippen molar-refractivity contribution in [1.82, 2.24) is 20.4 Å². The highest BCUT2D eigenvalue weighted by Gasteiger charge is 2.41. The van der Waals surface area contributed by atoms with Gasteiger partial charge in [-0.05, 0) is 132 Å². The van der Waals surface area contributed by atoms with Crippen LogP contribution in [0.4, 0.5) is 0 Å². The predicted molar refractivity (Wildman–Crippen MR) is 228 cm³/mol. The van der Waals surface area contributed by atoms with Crippen LogP contribution < -0.4 is 10.6 Å². The number of carbonyl (C=O) groups excluding carboxylic acids is 2. The van der Waals surface area contributed by atoms with Crippen LogP contribution in [0, 0.1) is 11.8 Å². The number of esters is 2. The molecule has 2 atom stereocenters. The van der Waals surface area contributed by atoms with Crippen molar-refractivity contribution in [2.24, 2.45) is 11.8 Å². The molecule has 318 valence electrons. The number of unbranched alkanes of at least 4 members (excludes halogenated alkanes) is 5. The van der Waals surface area contributed by atoms with Gasteiger partial charge in [0, 0.05) is 47.3 Å². The minimum Gasteiger partial charge on any atom is -0.465 e. The van der Waals surface area contributed by atoms with Crippen molar-refractivity contribution in [3.05, 3.63) is 0 Å². The molecule has 0 bridgehead atoms. The molecule has 2 N–H and O–H groups in total. The highest BCUT2D eigenvalue weighted by atomic mass is 16.5. The van der Waals surface area contributed by atoms with Crippen molar-refractivity contribution in [2.75, 3.05) is 39.4 Å². The second-order valence-corrected chi connectivity index (χ2v) is 20.1. The summed E-state index contributed by atoms with van der Waals surface area (Å²) in [7, 11) is 0. The van der Waals surface area contributed by atoms with E-state index in [1.807, 2.05) is 0 Å². The van der Waals surface area contributed by atoms with Crippen LogP contribution in [0.15, 0.2) is 0 Å². The first kappa shape index (κ1) is 48.9. The van der Waals surface area contributed by atoms with Crippen LogP contribution in [0.3, 0.4) is 0 Å². The number of carbonyl (C=O) groups is 2. The molecule has 2 rings (SSSR count). The summed E-state index contributed by atoms with van der Waals surface area (Å²) in [6, 6.07) is 0.885. The Hall–Kier alpha value is -1.22. The van der Waals surface area contributed by atoms with E-state index < -0.39 is 0 Å². The number of hydrogen-bond donors (Lipinski definition) is 2. The maximum absolute atomic E-state index is 13.0. The molecule has 2 heterocycles. The molecular formula is C46H90N4O4. The molecule has 0 aromatic heterocycles. The van der Waals surface area contributed by atoms with Crippen molar-refractivity contribution in [3.63, 3.8) is 0 Å². The van der Waals surface area contributed by atoms with E-state index in [0.29, 0.717) is 50.0 Å². The number of piperidine rings is 2. The standard InChI is InChI=1S/C46H90N4O4/c1-13-17-23-37(15-3)35-53-41(51)25-29-49(39-31-43(5,6)47-44(7,8)32-39)27-21-19-20-22-28-50(40-33-45(9,10)48-46(11,12)34-40)30-26-42(52)54-36-38(16-4)24-18-14-2/h37-40,47-48H,13-36H2,1-12H3. The van der Waals surface area contributed by atoms with Gasteiger partial charge in [-0.25, -0.2) is 0 Å². The van der Waals surface area contributed by atoms with Crippen molar-refractivity contribution in [2.45, 2.75) is 233 Å². The van der Waals surface area contributed by atoms with Crippen LogP contribution >= 0.6 is 0 Å². The van der Waals surface area contributed by atoms with E-state index >= 15 is 0 Å². The number of ether oxygens (including phenoxy) is 2. The van der Waals surface area contributed by atoms with Gasteiger partial charge in [0.1, 0.15) is 0 Å². The lowest BCUT2D eigenvalue weighted by Gasteiger charge is -2.50. The Balaban J connectivity index is 1.99. The number of rotatable bonds is 27. The lowest BCUT2D eigenvalue weighted by Crippen LogP contribution is -2.62. The van der Waals surface area contributed by atoms with Gasteiger partial charge in [-0.2, -0.15) is 0 Å². The molecular weight excluding hydrogens is 673 g/mol. The first-order valence-electron chi connectivity index (χ1n) is 22.7. The first-order chi connectivity index (χ1) is 25.3. The molecule has 54 heavy (non-hydrogen) atoms. The van der Waals surface area contributed by atoms with E-state index in [2.05, 4.69) is 104 Å². The van der Waals surface area contributed by atoms with Gasteiger partial charge in [0.05, 0.1) is 26.1 Å². The fourth-order valence-electron chi connectivity index (χ4n) is 9.82. The van der Waals surface area contributed by atoms with Gasteiger partial charge < -0.3 is 20.1 Å². The molecule has 2 unspecified atom stereocenters. The van der Waals surface area contributed by atoms with E-state index in [1.54, 1.807) is 0 Å². The average Bonchev–Trinajstić information content (AvgIpc) is 3.06. The summed E-state index contributed by atoms with van der Waals surface area (Å²) in [6.07, 6.45) is 19.0. The molecule has 0 amide bonds. The molecule has 0 aromatic carbocycles. The predicted octanol–water partition coefficient (Wildman–Crippen LogP) is 10.1. The van der Waals surface area contributed by atoms with Crippen LogP contribution in [-0.4, -0.2) is 95.4 Å². The highest BCUT2D eigenvalue weighted by molar-refractivity contribution is 5.69. The zero-order valence-corrected chi connectivity index (χ0v) is 37.8. The average molecular weight is 763 g/mol. The molecule has 0 spiro atoms. The summed E-state index contributed by atoms with van der Waals surface area (Å²) in [5, 5.41) is 7.70. The maximum Gasteiger partial charge on any atom is 0.307 e. The van der Waals surface area contributed by atoms with Crippen molar-refractivity contribution < 1.29 is 19.1 Å². The molecule has 0 aromatic rings. The third kappa shape index (κ3) is 19.8. The number of nitrogens with zero attached hydrogens (tertiary/aromatic N) is 2. The van der Waals surface area contributed by atoms with Gasteiger partial charge in [-0.1, -0.05) is 79.1 Å². The lowest BCUT2D eigenvalue weighted by molar-refractivity contribution is -0.146. The largest absolute Gasteiger partial charge is 0.465 e. The Morgan fingerprint density at radius 3 is 1.17 bits per heavy atom. The van der Waals surface area contributed by atoms with Crippen molar-refractivity contribution in [1.29, 1.82) is 0 Å². The van der Waals surface area contributed by atoms with Gasteiger partial charge in [-0.15, -0.1) is 0 Å². The van der Waals surface area contributed by atoms with Crippen molar-refractivity contribution >= 4 is 11.9 Å². The maximum atomic E-state index is 13.0. The molecule has 8 nitrogen and oxygen atoms in total. The Kier molecular flexibility index (Phi) is 21.6. The molecule has 0 aliphatic carbocycles. The third-order valence-electron chi connectivity index (χ3n) is 12.3. The summed E-state index contributed by atoms with van der Waals surface area (Å²) < 4.78 is 11.7. The van der Waals surface area contributed by atoms with E-state index in [1.165, 1.54) is 38.5 Å². The third-order valence-corrected chi connectivity index (χ3v) is 12.3. The second kappa shape index (κ2) is 23.9. The summed E-state index contributed by atoms with van der Waals surface area (Å²) in [5.74, 6) is 0.861. The van der Waals surface area contributed by atoms with Crippen molar-refractivity contribution in [3.8, 4) is 0 Å². The second-order valence-electron chi connectivity index (χ2n) is 20.1. The Labute approximate surface area is 334 Å². The molecule has 0 saturated carbocycles. The topological polar surface area (TPSA) is 83.1 Å². The summed E-state index contributed by atoms with van der Waals surface area (Å²) in [4.78, 5) is 31.2. The van der Waals surface area contributed by atoms with Crippen LogP contribution in [0.5, 0.6) is 0 Å². The SMILES string of the molecule is CCCCC(CC)COC(=O)CCN(CCCCCCN(CCC(=O)OCC(CC)CCCC)C1CC(C)(C)NC(C)(C)C1)C1CC(C)(C)NC(C)(C)C1. The van der Waals surface area contributed by atoms with Gasteiger partial charge >= 0.3 is 11.9 Å². The lowest BCUT2D eigenvalue weighted by atomic mass is 9.79. The fourth-order valence-corrected chi connectivity index (χ4v) is 9.82. The quantitative estimate of drug-likeness (QED) is 0.0633. The summed E-state index contributed by atoms with van der Waals surface area (Å²) in [6.45, 7) is 32.1. The Bertz CT molecular complexity index is 945. The van der Waals surface area contributed by atoms with Gasteiger partial charge in [0.2, 0.25) is 0 Å². The van der Waals surface area contributed by atoms with E-state index in [-0.39, 0.29) is 34.1 Å². The van der Waals surface area contributed by atoms with Crippen LogP contribution in [-0.2, 0) is 19.1 Å². The van der Waals surface area contributed by atoms with Gasteiger partial charge in [-0.3, -0.25) is 19.4 Å². The van der Waals surface area contributed by atoms with Crippen LogP contribution in [0.25, 0.3) is 0 Å². The molecule has 8 heteroatoms. The van der Waals surface area contributed by atoms with E-state index in [9.17, 15) is 9.59 Å². The summed E-state index contributed by atoms with van der Waals surface area (Å²) >= 11 is 0. The van der Waals surface area contributed by atoms with E-state index in [0.717, 1.165) is 90.4 Å². The molecule has 2 aliphatic heterocycles. The molecule has 0 radical (unpaired) electrons. The first-order valence-corrected chi connectivity index (χ1v) is 22.7. The number of hydrogen-bond acceptors (Lipinski definition) is 8. The normalized spacial score (nSPS) is 20.9. The summed E-state index contributed by atoms with van der Waals surface area (Å²) in [5.41, 5.74) is 0.219. The zero-order chi connectivity index (χ0) is 40.4. The smallest absolute Gasteiger partial charge is 0.307 e. The monoisotopic (exact) mass is 763 g/mol. The molecule has 2 fully saturated rings. The fraction of sp³-hybridized carbons (Fsp3) is 0.957. The van der Waals surface area contributed by atoms with E-state index in [4.69, 9.17) is 9.47 Å². The van der Waals surface area contributed by atoms with Gasteiger partial charge in [0.25, 0.3) is 0 Å².